The molecule has 4 heteroatoms. The number of aromatic nitrogens is 1. The van der Waals surface area contributed by atoms with Crippen molar-refractivity contribution in [3.8, 4) is 5.75 Å². The summed E-state index contributed by atoms with van der Waals surface area (Å²) in [6.45, 7) is 3.66. The Morgan fingerprint density at radius 1 is 1.11 bits per heavy atom. The largest absolute Gasteiger partial charge is 0.423 e. The fourth-order valence-corrected chi connectivity index (χ4v) is 1.69. The number of hydrogen-bond acceptors (Lipinski definition) is 3. The molecule has 0 bridgehead atoms. The first kappa shape index (κ1) is 12.6. The molecule has 0 aliphatic heterocycles. The van der Waals surface area contributed by atoms with E-state index in [-0.39, 0.29) is 0 Å². The fourth-order valence-electron chi connectivity index (χ4n) is 1.57. The molecule has 0 atom stereocenters. The third-order valence-corrected chi connectivity index (χ3v) is 2.72. The zero-order valence-corrected chi connectivity index (χ0v) is 10.9. The van der Waals surface area contributed by atoms with E-state index in [2.05, 4.69) is 4.98 Å². The normalized spacial score (nSPS) is 10.2. The van der Waals surface area contributed by atoms with Crippen LogP contribution in [0.25, 0.3) is 0 Å². The third kappa shape index (κ3) is 2.87. The second kappa shape index (κ2) is 5.19. The van der Waals surface area contributed by atoms with Gasteiger partial charge in [0.15, 0.2) is 0 Å². The average Bonchev–Trinajstić information content (AvgIpc) is 2.32. The molecule has 0 saturated carbocycles. The molecular weight excluding hydrogens is 250 g/mol. The molecule has 1 aromatic carbocycles. The van der Waals surface area contributed by atoms with Gasteiger partial charge in [-0.05, 0) is 50.2 Å². The van der Waals surface area contributed by atoms with Crippen LogP contribution in [0.5, 0.6) is 5.75 Å². The Morgan fingerprint density at radius 3 is 2.39 bits per heavy atom. The van der Waals surface area contributed by atoms with Crippen molar-refractivity contribution in [2.45, 2.75) is 13.8 Å². The molecule has 92 valence electrons. The summed E-state index contributed by atoms with van der Waals surface area (Å²) < 4.78 is 5.24. The predicted octanol–water partition coefficient (Wildman–Crippen LogP) is 3.57. The molecule has 1 aromatic heterocycles. The second-order valence-corrected chi connectivity index (χ2v) is 4.37. The van der Waals surface area contributed by atoms with Gasteiger partial charge in [-0.1, -0.05) is 11.6 Å². The van der Waals surface area contributed by atoms with Crippen molar-refractivity contribution in [3.63, 3.8) is 0 Å². The smallest absolute Gasteiger partial charge is 0.345 e. The maximum atomic E-state index is 11.9. The number of carbonyl (C=O) groups excluding carboxylic acids is 1. The number of pyridine rings is 1. The van der Waals surface area contributed by atoms with Gasteiger partial charge in [0.1, 0.15) is 5.75 Å². The van der Waals surface area contributed by atoms with Crippen LogP contribution < -0.4 is 4.74 Å². The summed E-state index contributed by atoms with van der Waals surface area (Å²) in [6, 6.07) is 10.1. The van der Waals surface area contributed by atoms with Crippen LogP contribution in [0.15, 0.2) is 36.4 Å². The molecule has 0 fully saturated rings. The number of nitrogens with zero attached hydrogens (tertiary/aromatic N) is 1. The molecule has 0 aliphatic rings. The van der Waals surface area contributed by atoms with E-state index in [1.807, 2.05) is 6.92 Å². The number of rotatable bonds is 2. The summed E-state index contributed by atoms with van der Waals surface area (Å²) in [5, 5.41) is 0.600. The topological polar surface area (TPSA) is 39.2 Å². The van der Waals surface area contributed by atoms with E-state index in [1.165, 1.54) is 0 Å². The van der Waals surface area contributed by atoms with Crippen LogP contribution in [0.2, 0.25) is 5.02 Å². The zero-order valence-electron chi connectivity index (χ0n) is 10.1. The maximum Gasteiger partial charge on any atom is 0.345 e. The van der Waals surface area contributed by atoms with Gasteiger partial charge in [0, 0.05) is 10.7 Å². The van der Waals surface area contributed by atoms with Crippen LogP contribution in [0.3, 0.4) is 0 Å². The van der Waals surface area contributed by atoms with Crippen LogP contribution >= 0.6 is 11.6 Å². The Hall–Kier alpha value is -1.87. The quantitative estimate of drug-likeness (QED) is 0.613. The standard InChI is InChI=1S/C14H12ClNO2/c1-9-3-8-13(10(2)16-9)14(17)18-12-6-4-11(15)5-7-12/h3-8H,1-2H3. The molecular formula is C14H12ClNO2. The molecule has 1 heterocycles. The summed E-state index contributed by atoms with van der Waals surface area (Å²) in [4.78, 5) is 16.2. The highest BCUT2D eigenvalue weighted by molar-refractivity contribution is 6.30. The lowest BCUT2D eigenvalue weighted by atomic mass is 10.2. The first-order chi connectivity index (χ1) is 8.56. The highest BCUT2D eigenvalue weighted by Crippen LogP contribution is 2.17. The van der Waals surface area contributed by atoms with E-state index in [9.17, 15) is 4.79 Å². The molecule has 0 radical (unpaired) electrons. The highest BCUT2D eigenvalue weighted by Gasteiger charge is 2.12. The minimum absolute atomic E-state index is 0.415. The zero-order chi connectivity index (χ0) is 13.1. The van der Waals surface area contributed by atoms with Crippen molar-refractivity contribution in [2.75, 3.05) is 0 Å². The number of carbonyl (C=O) groups is 1. The number of halogens is 1. The molecule has 3 nitrogen and oxygen atoms in total. The number of ether oxygens (including phenoxy) is 1. The van der Waals surface area contributed by atoms with Gasteiger partial charge in [-0.2, -0.15) is 0 Å². The lowest BCUT2D eigenvalue weighted by molar-refractivity contribution is 0.0733. The highest BCUT2D eigenvalue weighted by atomic mass is 35.5. The summed E-state index contributed by atoms with van der Waals surface area (Å²) in [6.07, 6.45) is 0. The second-order valence-electron chi connectivity index (χ2n) is 3.93. The van der Waals surface area contributed by atoms with Gasteiger partial charge >= 0.3 is 5.97 Å². The van der Waals surface area contributed by atoms with Crippen LogP contribution in [0, 0.1) is 13.8 Å². The maximum absolute atomic E-state index is 11.9. The first-order valence-corrected chi connectivity index (χ1v) is 5.86. The van der Waals surface area contributed by atoms with Gasteiger partial charge in [0.05, 0.1) is 11.3 Å². The lowest BCUT2D eigenvalue weighted by Crippen LogP contribution is -2.11. The Balaban J connectivity index is 2.19. The summed E-state index contributed by atoms with van der Waals surface area (Å²) in [5.74, 6) is 0.0479. The molecule has 0 unspecified atom stereocenters. The summed E-state index contributed by atoms with van der Waals surface area (Å²) >= 11 is 5.76. The summed E-state index contributed by atoms with van der Waals surface area (Å²) in [5.41, 5.74) is 2.00. The van der Waals surface area contributed by atoms with E-state index >= 15 is 0 Å². The van der Waals surface area contributed by atoms with Gasteiger partial charge in [-0.15, -0.1) is 0 Å². The van der Waals surface area contributed by atoms with Crippen molar-refractivity contribution in [1.29, 1.82) is 0 Å². The molecule has 0 saturated heterocycles. The minimum atomic E-state index is -0.415. The van der Waals surface area contributed by atoms with E-state index in [4.69, 9.17) is 16.3 Å². The monoisotopic (exact) mass is 261 g/mol. The Kier molecular flexibility index (Phi) is 3.63. The van der Waals surface area contributed by atoms with Gasteiger partial charge in [-0.25, -0.2) is 4.79 Å². The van der Waals surface area contributed by atoms with E-state index in [0.717, 1.165) is 5.69 Å². The molecule has 2 aromatic rings. The van der Waals surface area contributed by atoms with Crippen molar-refractivity contribution < 1.29 is 9.53 Å². The lowest BCUT2D eigenvalue weighted by Gasteiger charge is -2.06. The predicted molar refractivity (Wildman–Crippen MR) is 70.1 cm³/mol. The Morgan fingerprint density at radius 2 is 1.78 bits per heavy atom. The fraction of sp³-hybridized carbons (Fsp3) is 0.143. The number of esters is 1. The van der Waals surface area contributed by atoms with Crippen LogP contribution in [0.1, 0.15) is 21.7 Å². The van der Waals surface area contributed by atoms with Gasteiger partial charge in [0.2, 0.25) is 0 Å². The van der Waals surface area contributed by atoms with Crippen molar-refractivity contribution in [2.24, 2.45) is 0 Å². The van der Waals surface area contributed by atoms with Crippen LogP contribution in [0.4, 0.5) is 0 Å². The van der Waals surface area contributed by atoms with E-state index in [0.29, 0.717) is 22.0 Å². The van der Waals surface area contributed by atoms with Crippen LogP contribution in [-0.2, 0) is 0 Å². The average molecular weight is 262 g/mol. The molecule has 0 amide bonds. The van der Waals surface area contributed by atoms with E-state index < -0.39 is 5.97 Å². The molecule has 18 heavy (non-hydrogen) atoms. The summed E-state index contributed by atoms with van der Waals surface area (Å²) in [7, 11) is 0. The molecule has 0 spiro atoms. The number of aryl methyl sites for hydroxylation is 2. The minimum Gasteiger partial charge on any atom is -0.423 e. The van der Waals surface area contributed by atoms with Crippen molar-refractivity contribution in [3.05, 3.63) is 58.4 Å². The van der Waals surface area contributed by atoms with E-state index in [1.54, 1.807) is 43.3 Å². The van der Waals surface area contributed by atoms with Crippen molar-refractivity contribution in [1.82, 2.24) is 4.98 Å². The Labute approximate surface area is 110 Å². The SMILES string of the molecule is Cc1ccc(C(=O)Oc2ccc(Cl)cc2)c(C)n1. The third-order valence-electron chi connectivity index (χ3n) is 2.47. The van der Waals surface area contributed by atoms with Crippen molar-refractivity contribution >= 4 is 17.6 Å². The molecule has 2 rings (SSSR count). The molecule has 0 N–H and O–H groups in total. The van der Waals surface area contributed by atoms with Gasteiger partial charge < -0.3 is 4.74 Å². The number of benzene rings is 1. The van der Waals surface area contributed by atoms with Crippen LogP contribution in [-0.4, -0.2) is 11.0 Å². The number of hydrogen-bond donors (Lipinski definition) is 0. The van der Waals surface area contributed by atoms with Gasteiger partial charge in [-0.3, -0.25) is 4.98 Å². The van der Waals surface area contributed by atoms with Gasteiger partial charge in [0.25, 0.3) is 0 Å². The first-order valence-electron chi connectivity index (χ1n) is 5.48. The Bertz CT molecular complexity index is 579. The molecule has 0 aliphatic carbocycles.